The highest BCUT2D eigenvalue weighted by Gasteiger charge is 2.75. The number of esters is 1. The number of ketones is 1. The van der Waals surface area contributed by atoms with Crippen molar-refractivity contribution >= 4 is 53.3 Å². The van der Waals surface area contributed by atoms with Gasteiger partial charge in [-0.2, -0.15) is 0 Å². The van der Waals surface area contributed by atoms with Crippen LogP contribution in [0.2, 0.25) is 0 Å². The predicted molar refractivity (Wildman–Crippen MR) is 354 cm³/mol. The Kier molecular flexibility index (Phi) is 25.4. The highest BCUT2D eigenvalue weighted by atomic mass is 35.5. The molecule has 23 nitrogen and oxygen atoms in total. The summed E-state index contributed by atoms with van der Waals surface area (Å²) in [6, 6.07) is 6.84. The molecule has 6 aliphatic heterocycles. The molecule has 3 aliphatic carbocycles. The molecule has 0 bridgehead atoms. The molecular formula is C72H106ClN3O20. The van der Waals surface area contributed by atoms with E-state index in [0.717, 1.165) is 49.7 Å². The van der Waals surface area contributed by atoms with E-state index in [1.54, 1.807) is 21.3 Å². The molecule has 24 heteroatoms. The number of rotatable bonds is 28. The van der Waals surface area contributed by atoms with Gasteiger partial charge in [-0.05, 0) is 150 Å². The number of benzene rings is 1. The summed E-state index contributed by atoms with van der Waals surface area (Å²) in [5, 5.41) is 13.4. The van der Waals surface area contributed by atoms with E-state index in [0.29, 0.717) is 51.9 Å². The number of aryl methyl sites for hydroxylation is 1. The summed E-state index contributed by atoms with van der Waals surface area (Å²) in [6.45, 7) is 24.4. The zero-order chi connectivity index (χ0) is 70.3. The lowest BCUT2D eigenvalue weighted by Gasteiger charge is -2.42. The number of imide groups is 1. The first-order chi connectivity index (χ1) is 45.3. The van der Waals surface area contributed by atoms with Gasteiger partial charge in [0.05, 0.1) is 55.9 Å². The van der Waals surface area contributed by atoms with Crippen LogP contribution in [0.3, 0.4) is 0 Å². The second-order valence-electron chi connectivity index (χ2n) is 29.3. The maximum atomic E-state index is 12.9. The molecule has 6 saturated heterocycles. The number of Topliss-reactive ketones (excluding diaryl/α,β-unsaturated/α-hetero) is 1. The van der Waals surface area contributed by atoms with Crippen molar-refractivity contribution in [1.29, 1.82) is 0 Å². The number of carboxylic acids is 1. The van der Waals surface area contributed by atoms with E-state index < -0.39 is 59.4 Å². The Labute approximate surface area is 570 Å². The monoisotopic (exact) mass is 1370 g/mol. The molecule has 536 valence electrons. The number of halogens is 1. The first kappa shape index (κ1) is 76.4. The number of epoxide rings is 6. The van der Waals surface area contributed by atoms with Gasteiger partial charge in [-0.3, -0.25) is 29.3 Å². The van der Waals surface area contributed by atoms with Gasteiger partial charge >= 0.3 is 24.1 Å². The highest BCUT2D eigenvalue weighted by molar-refractivity contribution is 6.28. The van der Waals surface area contributed by atoms with Crippen molar-refractivity contribution in [1.82, 2.24) is 10.6 Å². The molecule has 0 radical (unpaired) electrons. The Morgan fingerprint density at radius 1 is 0.604 bits per heavy atom. The van der Waals surface area contributed by atoms with Crippen LogP contribution in [0, 0.1) is 23.7 Å². The molecule has 6 heterocycles. The lowest BCUT2D eigenvalue weighted by molar-refractivity contribution is -0.171. The third-order valence-corrected chi connectivity index (χ3v) is 21.3. The Morgan fingerprint density at radius 2 is 0.990 bits per heavy atom. The lowest BCUT2D eigenvalue weighted by atomic mass is 9.68. The summed E-state index contributed by atoms with van der Waals surface area (Å²) in [4.78, 5) is 83.0. The zero-order valence-corrected chi connectivity index (χ0v) is 59.5. The van der Waals surface area contributed by atoms with Gasteiger partial charge in [0.15, 0.2) is 0 Å². The topological polar surface area (TPSA) is 320 Å². The fourth-order valence-corrected chi connectivity index (χ4v) is 15.5. The number of amides is 4. The van der Waals surface area contributed by atoms with Crippen LogP contribution in [-0.2, 0) is 93.7 Å². The number of primary amides is 1. The third kappa shape index (κ3) is 18.7. The fourth-order valence-electron chi connectivity index (χ4n) is 15.4. The summed E-state index contributed by atoms with van der Waals surface area (Å²) in [6.07, 6.45) is 11.5. The highest BCUT2D eigenvalue weighted by Crippen LogP contribution is 2.62. The van der Waals surface area contributed by atoms with Gasteiger partial charge in [-0.1, -0.05) is 73.1 Å². The van der Waals surface area contributed by atoms with Crippen molar-refractivity contribution in [2.24, 2.45) is 29.4 Å². The largest absolute Gasteiger partial charge is 0.481 e. The minimum absolute atomic E-state index is 0.00325. The molecule has 0 aromatic heterocycles. The van der Waals surface area contributed by atoms with E-state index in [9.17, 15) is 33.6 Å². The van der Waals surface area contributed by atoms with Crippen LogP contribution >= 0.6 is 11.6 Å². The van der Waals surface area contributed by atoms with Crippen LogP contribution in [0.1, 0.15) is 171 Å². The Hall–Kier alpha value is -5.34. The molecule has 9 fully saturated rings. The number of hydrogen-bond acceptors (Lipinski definition) is 19. The third-order valence-electron chi connectivity index (χ3n) is 21.0. The van der Waals surface area contributed by atoms with Crippen LogP contribution in [0.25, 0.3) is 0 Å². The van der Waals surface area contributed by atoms with E-state index in [-0.39, 0.29) is 132 Å². The van der Waals surface area contributed by atoms with Gasteiger partial charge in [0, 0.05) is 47.0 Å². The summed E-state index contributed by atoms with van der Waals surface area (Å²) >= 11 is 5.42. The number of aliphatic carboxylic acids is 1. The van der Waals surface area contributed by atoms with Gasteiger partial charge in [-0.25, -0.2) is 9.59 Å². The first-order valence-electron chi connectivity index (χ1n) is 34.1. The van der Waals surface area contributed by atoms with Gasteiger partial charge in [0.2, 0.25) is 11.8 Å². The zero-order valence-electron chi connectivity index (χ0n) is 58.7. The van der Waals surface area contributed by atoms with Crippen LogP contribution in [0.5, 0.6) is 0 Å². The number of ether oxygens (including phenoxy) is 12. The second kappa shape index (κ2) is 31.9. The van der Waals surface area contributed by atoms with Gasteiger partial charge in [0.25, 0.3) is 0 Å². The number of hydrogen-bond donors (Lipinski definition) is 4. The van der Waals surface area contributed by atoms with Gasteiger partial charge in [0.1, 0.15) is 87.9 Å². The summed E-state index contributed by atoms with van der Waals surface area (Å²) in [5.74, 6) is -2.83. The molecule has 3 spiro atoms. The van der Waals surface area contributed by atoms with Crippen LogP contribution in [0.15, 0.2) is 59.2 Å². The number of carbonyl (C=O) groups is 7. The number of methoxy groups -OCH3 is 3. The predicted octanol–water partition coefficient (Wildman–Crippen LogP) is 9.46. The molecule has 19 atom stereocenters. The van der Waals surface area contributed by atoms with Gasteiger partial charge < -0.3 is 73.0 Å². The Balaban J connectivity index is 0.000000188. The van der Waals surface area contributed by atoms with E-state index in [1.165, 1.54) is 16.7 Å². The average molecular weight is 1370 g/mol. The number of alkyl carbamates (subject to hydrolysis) is 2. The van der Waals surface area contributed by atoms with Crippen LogP contribution < -0.4 is 16.4 Å². The van der Waals surface area contributed by atoms with E-state index in [2.05, 4.69) is 91.2 Å². The van der Waals surface area contributed by atoms with Crippen molar-refractivity contribution < 1.29 is 95.5 Å². The smallest absolute Gasteiger partial charge is 0.414 e. The van der Waals surface area contributed by atoms with Crippen LogP contribution in [0.4, 0.5) is 9.59 Å². The lowest BCUT2D eigenvalue weighted by Crippen LogP contribution is -2.57. The number of nitrogens with two attached hydrogens (primary N) is 1. The van der Waals surface area contributed by atoms with E-state index >= 15 is 0 Å². The van der Waals surface area contributed by atoms with Gasteiger partial charge in [-0.15, -0.1) is 11.6 Å². The average Bonchev–Trinajstić information content (AvgIpc) is 1.55. The molecule has 1 aromatic rings. The molecule has 10 rings (SSSR count). The standard InChI is InChI=1S/C31H42O8.C22H36N2O6.C19H28ClNO6/c1-20(2)8-14-25-30(3,39-25)29-28(36-4)24(16-17-31(29)19-37-31)38-27(35)15-13-21-9-11-22(12-10-21)18-23(32)6-5-7-26(33)34;1-12(2)7-8-15-21(5,30-15)18-17(27-6)14(9-10-22(18)11-28-22)29-20(26)24-16(13(3)4)19(23)25;1-11(2)5-6-13-18(3,27-13)16-15(24-4)12(7-8-19(16)10-25-19)26-17(23)21-14(22)9-20/h8-12,24-25,28-29H,5-7,13-19H2,1-4H3,(H,33,34);7,13-18H,8-11H2,1-6H3,(H2,23,25)(H,24,26);5,12-13,15-16H,6-10H2,1-4H3,(H,21,22,23)/t24-,25-,28-,29-,30+,31+;14-,15-,16-,17-,18-,21+,22+;12-,13-,15-,16-,18+,19+/m111/s1. The molecule has 0 unspecified atom stereocenters. The fraction of sp³-hybridized carbons (Fsp3) is 0.736. The number of carbonyl (C=O) groups excluding carboxylic acids is 6. The molecule has 9 aliphatic rings. The maximum absolute atomic E-state index is 12.9. The molecule has 1 aromatic carbocycles. The molecule has 4 amide bonds. The molecule has 3 saturated carbocycles. The normalized spacial score (nSPS) is 35.6. The minimum Gasteiger partial charge on any atom is -0.481 e. The van der Waals surface area contributed by atoms with Crippen LogP contribution in [-0.4, -0.2) is 188 Å². The Morgan fingerprint density at radius 3 is 1.33 bits per heavy atom. The minimum atomic E-state index is -0.887. The SMILES string of the molecule is CO[C@@H]1[C@H](OC(=O)CCc2ccc(CC(=O)CCCC(=O)O)cc2)CC[C@]2(CO2)[C@H]1[C@@]1(C)O[C@@H]1CC=C(C)C.CO[C@@H]1[C@H](OC(=O)NC(=O)CCl)CC[C@]2(CO2)[C@H]1[C@@]1(C)O[C@@H]1CC=C(C)C.CO[C@@H]1[C@H](OC(=O)N[C@@H](C(N)=O)C(C)C)CC[C@]2(CO2)[C@H]1[C@@]1(C)O[C@@H]1CC=C(C)C. The van der Waals surface area contributed by atoms with E-state index in [4.69, 9.17) is 79.3 Å². The molecular weight excluding hydrogens is 1260 g/mol. The van der Waals surface area contributed by atoms with Crippen molar-refractivity contribution in [3.05, 3.63) is 70.3 Å². The second-order valence-corrected chi connectivity index (χ2v) is 29.5. The van der Waals surface area contributed by atoms with Crippen molar-refractivity contribution in [3.8, 4) is 0 Å². The molecule has 5 N–H and O–H groups in total. The maximum Gasteiger partial charge on any atom is 0.414 e. The van der Waals surface area contributed by atoms with Crippen molar-refractivity contribution in [2.75, 3.05) is 47.0 Å². The Bertz CT molecular complexity index is 3020. The number of alkyl halides is 1. The number of nitrogens with one attached hydrogen (secondary N) is 2. The quantitative estimate of drug-likeness (QED) is 0.0199. The first-order valence-corrected chi connectivity index (χ1v) is 34.7. The van der Waals surface area contributed by atoms with E-state index in [1.807, 2.05) is 38.1 Å². The summed E-state index contributed by atoms with van der Waals surface area (Å²) in [7, 11) is 4.91. The van der Waals surface area contributed by atoms with Crippen molar-refractivity contribution in [2.45, 2.75) is 267 Å². The summed E-state index contributed by atoms with van der Waals surface area (Å²) in [5.41, 5.74) is 9.07. The molecule has 96 heavy (non-hydrogen) atoms. The number of allylic oxidation sites excluding steroid dienone is 3. The number of carboxylic acid groups (broad SMARTS) is 1. The van der Waals surface area contributed by atoms with Crippen molar-refractivity contribution in [3.63, 3.8) is 0 Å². The summed E-state index contributed by atoms with van der Waals surface area (Å²) < 4.78 is 71.1.